The van der Waals surface area contributed by atoms with Gasteiger partial charge in [0.2, 0.25) is 5.91 Å². The Hall–Kier alpha value is -2.94. The minimum Gasteiger partial charge on any atom is -0.328 e. The van der Waals surface area contributed by atoms with E-state index in [1.807, 2.05) is 48.5 Å². The third-order valence-corrected chi connectivity index (χ3v) is 9.57. The first-order chi connectivity index (χ1) is 22.7. The van der Waals surface area contributed by atoms with Crippen LogP contribution in [-0.4, -0.2) is 94.0 Å². The molecule has 1 aliphatic heterocycles. The minimum atomic E-state index is -2.31. The predicted octanol–water partition coefficient (Wildman–Crippen LogP) is 2.95. The third kappa shape index (κ3) is 12.2. The van der Waals surface area contributed by atoms with E-state index in [2.05, 4.69) is 8.86 Å². The number of allylic oxidation sites excluding steroid dienone is 1. The van der Waals surface area contributed by atoms with Crippen LogP contribution in [0, 0.1) is 0 Å². The van der Waals surface area contributed by atoms with Gasteiger partial charge in [-0.15, -0.1) is 11.8 Å². The molecule has 0 aromatic heterocycles. The number of nitrogens with two attached hydrogens (primary N) is 1. The molecule has 3 amide bonds. The molecule has 0 saturated carbocycles. The van der Waals surface area contributed by atoms with Gasteiger partial charge in [-0.05, 0) is 18.6 Å². The first-order valence-corrected chi connectivity index (χ1v) is 18.8. The van der Waals surface area contributed by atoms with Gasteiger partial charge in [-0.3, -0.25) is 9.59 Å². The van der Waals surface area contributed by atoms with Crippen molar-refractivity contribution >= 4 is 84.3 Å². The van der Waals surface area contributed by atoms with Gasteiger partial charge in [-0.1, -0.05) is 12.8 Å². The summed E-state index contributed by atoms with van der Waals surface area (Å²) in [6.07, 6.45) is 5.32. The van der Waals surface area contributed by atoms with Gasteiger partial charge in [0, 0.05) is 19.7 Å². The van der Waals surface area contributed by atoms with Gasteiger partial charge in [0.25, 0.3) is 0 Å². The van der Waals surface area contributed by atoms with E-state index < -0.39 is 8.60 Å². The van der Waals surface area contributed by atoms with Gasteiger partial charge < -0.3 is 19.2 Å². The van der Waals surface area contributed by atoms with Gasteiger partial charge in [-0.2, -0.15) is 0 Å². The Morgan fingerprint density at radius 3 is 2.49 bits per heavy atom. The number of carbonyl (C=O) groups excluding carboxylic acids is 4. The summed E-state index contributed by atoms with van der Waals surface area (Å²) in [5.74, 6) is -0.171. The van der Waals surface area contributed by atoms with Crippen molar-refractivity contribution in [2.24, 2.45) is 5.73 Å². The van der Waals surface area contributed by atoms with Crippen LogP contribution in [0.1, 0.15) is 55.2 Å². The summed E-state index contributed by atoms with van der Waals surface area (Å²) < 4.78 is 8.02. The summed E-state index contributed by atoms with van der Waals surface area (Å²) >= 11 is 2.39. The van der Waals surface area contributed by atoms with Crippen LogP contribution in [0.25, 0.3) is 11.4 Å². The van der Waals surface area contributed by atoms with E-state index >= 15 is 0 Å². The van der Waals surface area contributed by atoms with Gasteiger partial charge in [0.15, 0.2) is 6.29 Å². The Morgan fingerprint density at radius 1 is 1.06 bits per heavy atom. The molecule has 2 aromatic carbocycles. The number of anilines is 1. The number of fused-ring (bicyclic) bond motifs is 2. The number of para-hydroxylation sites is 1. The van der Waals surface area contributed by atoms with Crippen molar-refractivity contribution in [3.63, 3.8) is 0 Å². The Kier molecular flexibility index (Phi) is 16.7. The van der Waals surface area contributed by atoms with Crippen molar-refractivity contribution in [1.29, 1.82) is 0 Å². The fourth-order valence-corrected chi connectivity index (χ4v) is 6.78. The van der Waals surface area contributed by atoms with Crippen molar-refractivity contribution in [3.8, 4) is 0 Å². The third-order valence-electron chi connectivity index (χ3n) is 7.40. The zero-order valence-electron chi connectivity index (χ0n) is 26.3. The zero-order chi connectivity index (χ0) is 34.2. The van der Waals surface area contributed by atoms with E-state index in [0.29, 0.717) is 41.3 Å². The summed E-state index contributed by atoms with van der Waals surface area (Å²) in [4.78, 5) is 71.0. The van der Waals surface area contributed by atoms with Crippen molar-refractivity contribution in [3.05, 3.63) is 76.2 Å². The van der Waals surface area contributed by atoms with E-state index in [1.54, 1.807) is 11.9 Å². The van der Waals surface area contributed by atoms with Crippen LogP contribution in [0.5, 0.6) is 0 Å². The number of amides is 3. The molecule has 0 saturated heterocycles. The average molecular weight is 789 g/mol. The van der Waals surface area contributed by atoms with E-state index in [9.17, 15) is 19.2 Å². The van der Waals surface area contributed by atoms with Crippen LogP contribution in [0.3, 0.4) is 0 Å². The maximum Gasteiger partial charge on any atom is 0.327 e. The molecule has 0 aliphatic carbocycles. The van der Waals surface area contributed by atoms with Crippen LogP contribution in [-0.2, 0) is 30.2 Å². The van der Waals surface area contributed by atoms with E-state index in [1.165, 1.54) is 22.7 Å². The molecule has 47 heavy (non-hydrogen) atoms. The Morgan fingerprint density at radius 2 is 1.77 bits per heavy atom. The summed E-state index contributed by atoms with van der Waals surface area (Å²) in [6, 6.07) is 15.3. The van der Waals surface area contributed by atoms with Crippen LogP contribution in [0.15, 0.2) is 59.5 Å². The molecular formula is C32H41N5O7PSSn. The number of thioether (sulfide) groups is 1. The molecule has 1 heterocycles. The zero-order valence-corrected chi connectivity index (χ0v) is 30.9. The number of hydrogen-bond acceptors (Lipinski definition) is 10. The molecule has 0 unspecified atom stereocenters. The topological polar surface area (TPSA) is 175 Å². The van der Waals surface area contributed by atoms with Crippen molar-refractivity contribution < 1.29 is 33.5 Å². The molecule has 15 heteroatoms. The van der Waals surface area contributed by atoms with Crippen LogP contribution in [0.2, 0.25) is 0 Å². The number of benzene rings is 2. The first kappa shape index (κ1) is 38.5. The van der Waals surface area contributed by atoms with Crippen molar-refractivity contribution in [2.45, 2.75) is 45.1 Å². The summed E-state index contributed by atoms with van der Waals surface area (Å²) in [7, 11) is -0.750. The molecule has 2 aromatic rings. The quantitative estimate of drug-likeness (QED) is 0.0497. The number of nitrogens with zero attached hydrogens (tertiary/aromatic N) is 2. The van der Waals surface area contributed by atoms with E-state index in [0.717, 1.165) is 64.4 Å². The fraction of sp³-hybridized carbons (Fsp3) is 0.375. The van der Waals surface area contributed by atoms with E-state index in [-0.39, 0.29) is 50.3 Å². The SMILES string of the molecule is CN(CCC(=O)NCCC(=O)N1Cc2ccccc2/C([NH][Sn])=C(/N)c2ccccc21)C(=O)/C=C(\C=O)SCCCCCCOP(O)O. The Labute approximate surface area is 294 Å². The molecule has 3 radical (unpaired) electrons. The molecule has 0 fully saturated rings. The second-order valence-electron chi connectivity index (χ2n) is 10.7. The molecule has 12 nitrogen and oxygen atoms in total. The first-order valence-electron chi connectivity index (χ1n) is 15.2. The molecule has 0 spiro atoms. The van der Waals surface area contributed by atoms with Crippen molar-refractivity contribution in [2.75, 3.05) is 37.4 Å². The largest absolute Gasteiger partial charge is 0.328 e. The smallest absolute Gasteiger partial charge is 0.327 e. The molecule has 0 bridgehead atoms. The summed E-state index contributed by atoms with van der Waals surface area (Å²) in [6.45, 7) is 0.923. The van der Waals surface area contributed by atoms with Crippen LogP contribution < -0.4 is 19.5 Å². The van der Waals surface area contributed by atoms with Gasteiger partial charge >= 0.3 is 181 Å². The Bertz CT molecular complexity index is 1460. The normalized spacial score (nSPS) is 14.5. The number of carbonyl (C=O) groups is 4. The van der Waals surface area contributed by atoms with Crippen molar-refractivity contribution in [1.82, 2.24) is 13.8 Å². The predicted molar refractivity (Wildman–Crippen MR) is 186 cm³/mol. The number of nitrogens with one attached hydrogen (secondary N) is 2. The summed E-state index contributed by atoms with van der Waals surface area (Å²) in [5, 5.41) is 2.78. The number of aldehydes is 1. The van der Waals surface area contributed by atoms with E-state index in [4.69, 9.17) is 20.0 Å². The second kappa shape index (κ2) is 20.4. The number of likely N-dealkylation sites (N-methyl/N-ethyl adjacent to an activating group) is 1. The molecular weight excluding hydrogens is 748 g/mol. The second-order valence-corrected chi connectivity index (χ2v) is 13.3. The maximum atomic E-state index is 13.5. The average Bonchev–Trinajstić information content (AvgIpc) is 3.06. The maximum absolute atomic E-state index is 13.5. The van der Waals surface area contributed by atoms with Gasteiger partial charge in [0.05, 0.1) is 11.5 Å². The van der Waals surface area contributed by atoms with Crippen LogP contribution in [0.4, 0.5) is 5.69 Å². The molecule has 3 rings (SSSR count). The molecule has 1 aliphatic rings. The fourth-order valence-electron chi connectivity index (χ4n) is 4.88. The number of rotatable bonds is 18. The molecule has 0 atom stereocenters. The number of hydrogen-bond donors (Lipinski definition) is 5. The number of unbranched alkanes of at least 4 members (excludes halogenated alkanes) is 3. The summed E-state index contributed by atoms with van der Waals surface area (Å²) in [5.41, 5.74) is 11.4. The van der Waals surface area contributed by atoms with Crippen LogP contribution >= 0.6 is 20.4 Å². The Balaban J connectivity index is 1.47. The standard InChI is InChI=1S/C32H42N5O7PS.Sn/c1-36(30(41)20-24(22-38)46-19-9-3-2-8-18-44-45(42)43)17-15-28(39)35-16-14-29(40)37-21-23-10-4-5-11-25(23)31(33)32(34)26-12-6-7-13-27(26)37;/h4-7,10-13,20,22,42-43H,2-3,8-9,14-19,21H2,1H3,(H5,33,34,35,38,39,41);/q;+1/p-1. The van der Waals surface area contributed by atoms with Gasteiger partial charge in [0.1, 0.15) is 0 Å². The monoisotopic (exact) mass is 790 g/mol. The minimum absolute atomic E-state index is 0.0439. The molecule has 251 valence electrons. The van der Waals surface area contributed by atoms with Gasteiger partial charge in [-0.25, -0.2) is 0 Å². The molecule has 6 N–H and O–H groups in total.